The third kappa shape index (κ3) is 6.22. The van der Waals surface area contributed by atoms with Gasteiger partial charge in [0.2, 0.25) is 0 Å². The predicted octanol–water partition coefficient (Wildman–Crippen LogP) is 5.46. The van der Waals surface area contributed by atoms with E-state index < -0.39 is 15.1 Å². The van der Waals surface area contributed by atoms with Crippen molar-refractivity contribution in [2.75, 3.05) is 69.0 Å². The molecule has 0 saturated carbocycles. The second-order valence-corrected chi connectivity index (χ2v) is 14.5. The summed E-state index contributed by atoms with van der Waals surface area (Å²) in [7, 11) is 0.406. The van der Waals surface area contributed by atoms with Crippen molar-refractivity contribution in [1.82, 2.24) is 19.8 Å². The molecule has 2 aromatic carbocycles. The van der Waals surface area contributed by atoms with E-state index in [1.54, 1.807) is 39.2 Å². The zero-order valence-corrected chi connectivity index (χ0v) is 26.8. The van der Waals surface area contributed by atoms with Crippen molar-refractivity contribution in [3.05, 3.63) is 60.8 Å². The quantitative estimate of drug-likeness (QED) is 0.226. The van der Waals surface area contributed by atoms with Crippen LogP contribution in [0.4, 0.5) is 28.6 Å². The minimum atomic E-state index is -3.49. The van der Waals surface area contributed by atoms with E-state index in [1.807, 2.05) is 30.5 Å². The molecule has 2 aliphatic heterocycles. The number of methoxy groups -OCH3 is 1. The summed E-state index contributed by atoms with van der Waals surface area (Å²) in [5, 5.41) is 7.13. The van der Waals surface area contributed by atoms with Gasteiger partial charge in [0.1, 0.15) is 17.2 Å². The summed E-state index contributed by atoms with van der Waals surface area (Å²) in [5.41, 5.74) is 3.90. The number of pyridine rings is 1. The van der Waals surface area contributed by atoms with E-state index in [-0.39, 0.29) is 4.90 Å². The van der Waals surface area contributed by atoms with Crippen LogP contribution < -0.4 is 20.3 Å². The summed E-state index contributed by atoms with van der Waals surface area (Å²) in [5.74, 6) is 1.34. The first-order valence-corrected chi connectivity index (χ1v) is 17.0. The maximum atomic E-state index is 13.1. The number of piperazine rings is 1. The van der Waals surface area contributed by atoms with Gasteiger partial charge in [-0.2, -0.15) is 0 Å². The van der Waals surface area contributed by atoms with Crippen LogP contribution in [0.1, 0.15) is 26.7 Å². The van der Waals surface area contributed by atoms with Crippen molar-refractivity contribution in [3.63, 3.8) is 0 Å². The third-order valence-electron chi connectivity index (χ3n) is 8.94. The van der Waals surface area contributed by atoms with Gasteiger partial charge in [0.15, 0.2) is 9.84 Å². The fraction of sp³-hybridized carbons (Fsp3) is 0.424. The molecular formula is C33H43N7O3S. The van der Waals surface area contributed by atoms with Crippen LogP contribution in [-0.2, 0) is 9.84 Å². The number of nitrogens with one attached hydrogen (secondary N) is 3. The van der Waals surface area contributed by atoms with Gasteiger partial charge in [-0.3, -0.25) is 4.90 Å². The van der Waals surface area contributed by atoms with Gasteiger partial charge < -0.3 is 30.2 Å². The van der Waals surface area contributed by atoms with Gasteiger partial charge in [-0.1, -0.05) is 12.1 Å². The average Bonchev–Trinajstić information content (AvgIpc) is 3.51. The van der Waals surface area contributed by atoms with Gasteiger partial charge in [0, 0.05) is 74.7 Å². The molecule has 234 valence electrons. The number of likely N-dealkylation sites (N-methyl/N-ethyl adjacent to an activating group) is 1. The number of aromatic nitrogens is 2. The van der Waals surface area contributed by atoms with Crippen LogP contribution in [0.2, 0.25) is 0 Å². The average molecular weight is 618 g/mol. The highest BCUT2D eigenvalue weighted by Gasteiger charge is 2.27. The number of benzene rings is 2. The standard InChI is InChI=1S/C33H43N7O3S/c1-23(2)44(41,42)31-8-6-5-7-28(31)35-29-22-32(37-33-26(29)11-14-34-33)36-27-10-9-25(21-30(27)43-4)39-15-12-24(13-16-39)40-19-17-38(3)18-20-40/h5-11,14,21-24H,12-13,15-20H2,1-4H3,(H3,34,35,36,37). The summed E-state index contributed by atoms with van der Waals surface area (Å²) in [4.78, 5) is 15.8. The van der Waals surface area contributed by atoms with E-state index in [0.29, 0.717) is 23.2 Å². The summed E-state index contributed by atoms with van der Waals surface area (Å²) >= 11 is 0. The zero-order valence-electron chi connectivity index (χ0n) is 26.0. The highest BCUT2D eigenvalue weighted by Crippen LogP contribution is 2.36. The number of aromatic amines is 1. The maximum Gasteiger partial charge on any atom is 0.182 e. The molecule has 0 bridgehead atoms. The fourth-order valence-corrected chi connectivity index (χ4v) is 7.42. The molecule has 4 aromatic rings. The van der Waals surface area contributed by atoms with E-state index in [9.17, 15) is 8.42 Å². The molecule has 0 spiro atoms. The molecule has 44 heavy (non-hydrogen) atoms. The molecule has 0 radical (unpaired) electrons. The molecule has 3 N–H and O–H groups in total. The Hall–Kier alpha value is -3.80. The molecule has 2 aromatic heterocycles. The number of nitrogens with zero attached hydrogens (tertiary/aromatic N) is 4. The van der Waals surface area contributed by atoms with Crippen molar-refractivity contribution in [2.45, 2.75) is 42.9 Å². The van der Waals surface area contributed by atoms with Crippen LogP contribution in [0.15, 0.2) is 65.7 Å². The van der Waals surface area contributed by atoms with Gasteiger partial charge >= 0.3 is 0 Å². The van der Waals surface area contributed by atoms with Crippen molar-refractivity contribution < 1.29 is 13.2 Å². The molecule has 2 saturated heterocycles. The number of para-hydroxylation sites is 1. The fourth-order valence-electron chi connectivity index (χ4n) is 6.22. The molecule has 0 aliphatic carbocycles. The Morgan fingerprint density at radius 1 is 0.909 bits per heavy atom. The Morgan fingerprint density at radius 2 is 1.66 bits per heavy atom. The molecule has 0 amide bonds. The number of H-pyrrole nitrogens is 1. The van der Waals surface area contributed by atoms with Gasteiger partial charge in [0.25, 0.3) is 0 Å². The first-order valence-electron chi connectivity index (χ1n) is 15.4. The number of hydrogen-bond donors (Lipinski definition) is 3. The number of hydrogen-bond acceptors (Lipinski definition) is 9. The highest BCUT2D eigenvalue weighted by molar-refractivity contribution is 7.92. The Labute approximate surface area is 260 Å². The van der Waals surface area contributed by atoms with Crippen molar-refractivity contribution >= 4 is 49.4 Å². The molecule has 0 atom stereocenters. The minimum Gasteiger partial charge on any atom is -0.494 e. The lowest BCUT2D eigenvalue weighted by Gasteiger charge is -2.42. The van der Waals surface area contributed by atoms with E-state index in [0.717, 1.165) is 54.4 Å². The Morgan fingerprint density at radius 3 is 2.39 bits per heavy atom. The smallest absolute Gasteiger partial charge is 0.182 e. The summed E-state index contributed by atoms with van der Waals surface area (Å²) in [6, 6.07) is 17.8. The number of fused-ring (bicyclic) bond motifs is 1. The summed E-state index contributed by atoms with van der Waals surface area (Å²) in [6.45, 7) is 10.1. The molecule has 0 unspecified atom stereocenters. The molecule has 2 fully saturated rings. The lowest BCUT2D eigenvalue weighted by atomic mass is 10.0. The van der Waals surface area contributed by atoms with Gasteiger partial charge in [-0.25, -0.2) is 13.4 Å². The first-order chi connectivity index (χ1) is 21.2. The van der Waals surface area contributed by atoms with E-state index in [4.69, 9.17) is 9.72 Å². The van der Waals surface area contributed by atoms with Crippen LogP contribution >= 0.6 is 0 Å². The van der Waals surface area contributed by atoms with Crippen molar-refractivity contribution in [3.8, 4) is 5.75 Å². The van der Waals surface area contributed by atoms with Gasteiger partial charge in [-0.15, -0.1) is 0 Å². The molecule has 11 heteroatoms. The molecule has 4 heterocycles. The largest absolute Gasteiger partial charge is 0.494 e. The normalized spacial score (nSPS) is 17.3. The van der Waals surface area contributed by atoms with Crippen molar-refractivity contribution in [2.24, 2.45) is 0 Å². The van der Waals surface area contributed by atoms with Crippen LogP contribution in [0.5, 0.6) is 5.75 Å². The van der Waals surface area contributed by atoms with Crippen LogP contribution in [0.25, 0.3) is 11.0 Å². The highest BCUT2D eigenvalue weighted by atomic mass is 32.2. The van der Waals surface area contributed by atoms with E-state index in [1.165, 1.54) is 25.9 Å². The van der Waals surface area contributed by atoms with Gasteiger partial charge in [-0.05, 0) is 64.1 Å². The Balaban J connectivity index is 1.20. The first kappa shape index (κ1) is 30.2. The Bertz CT molecular complexity index is 1710. The third-order valence-corrected chi connectivity index (χ3v) is 11.2. The van der Waals surface area contributed by atoms with Crippen LogP contribution in [0.3, 0.4) is 0 Å². The minimum absolute atomic E-state index is 0.273. The topological polar surface area (TPSA) is 106 Å². The lowest BCUT2D eigenvalue weighted by molar-refractivity contribution is 0.0982. The second-order valence-electron chi connectivity index (χ2n) is 12.1. The summed E-state index contributed by atoms with van der Waals surface area (Å²) in [6.07, 6.45) is 4.17. The van der Waals surface area contributed by atoms with E-state index >= 15 is 0 Å². The van der Waals surface area contributed by atoms with E-state index in [2.05, 4.69) is 49.5 Å². The zero-order chi connectivity index (χ0) is 30.8. The second kappa shape index (κ2) is 12.7. The Kier molecular flexibility index (Phi) is 8.70. The number of anilines is 5. The van der Waals surface area contributed by atoms with Crippen molar-refractivity contribution in [1.29, 1.82) is 0 Å². The van der Waals surface area contributed by atoms with Crippen LogP contribution in [-0.4, -0.2) is 92.9 Å². The van der Waals surface area contributed by atoms with Gasteiger partial charge in [0.05, 0.1) is 34.3 Å². The lowest BCUT2D eigenvalue weighted by Crippen LogP contribution is -2.52. The molecule has 10 nitrogen and oxygen atoms in total. The SMILES string of the molecule is COc1cc(N2CCC(N3CCN(C)CC3)CC2)ccc1Nc1cc(Nc2ccccc2S(=O)(=O)C(C)C)c2cc[nH]c2n1. The molecule has 2 aliphatic rings. The molecular weight excluding hydrogens is 574 g/mol. The number of ether oxygens (including phenoxy) is 1. The summed E-state index contributed by atoms with van der Waals surface area (Å²) < 4.78 is 32.0. The molecule has 6 rings (SSSR count). The maximum absolute atomic E-state index is 13.1. The monoisotopic (exact) mass is 617 g/mol. The predicted molar refractivity (Wildman–Crippen MR) is 179 cm³/mol. The van der Waals surface area contributed by atoms with Crippen LogP contribution in [0, 0.1) is 0 Å². The number of piperidine rings is 1. The number of sulfone groups is 1. The number of rotatable bonds is 9.